The van der Waals surface area contributed by atoms with Crippen molar-refractivity contribution >= 4 is 23.6 Å². The number of aromatic nitrogens is 3. The lowest BCUT2D eigenvalue weighted by atomic mass is 10.00. The zero-order chi connectivity index (χ0) is 24.7. The van der Waals surface area contributed by atoms with Crippen LogP contribution in [-0.4, -0.2) is 93.5 Å². The number of imide groups is 1. The molecule has 3 aliphatic heterocycles. The predicted molar refractivity (Wildman–Crippen MR) is 120 cm³/mol. The topological polar surface area (TPSA) is 136 Å². The van der Waals surface area contributed by atoms with Crippen molar-refractivity contribution in [3.05, 3.63) is 41.2 Å². The first-order valence-corrected chi connectivity index (χ1v) is 11.4. The van der Waals surface area contributed by atoms with Crippen LogP contribution in [0.25, 0.3) is 5.69 Å². The third-order valence-electron chi connectivity index (χ3n) is 6.71. The first-order valence-electron chi connectivity index (χ1n) is 11.4. The minimum atomic E-state index is -0.679. The quantitative estimate of drug-likeness (QED) is 0.584. The maximum Gasteiger partial charge on any atom is 0.276 e. The van der Waals surface area contributed by atoms with E-state index in [0.717, 1.165) is 5.56 Å². The molecule has 2 fully saturated rings. The zero-order valence-electron chi connectivity index (χ0n) is 19.5. The van der Waals surface area contributed by atoms with Crippen molar-refractivity contribution in [3.63, 3.8) is 0 Å². The number of morpholine rings is 1. The number of carbonyl (C=O) groups is 4. The highest BCUT2D eigenvalue weighted by Crippen LogP contribution is 2.29. The molecular weight excluding hydrogens is 456 g/mol. The van der Waals surface area contributed by atoms with Gasteiger partial charge in [-0.15, -0.1) is 5.10 Å². The van der Waals surface area contributed by atoms with Crippen molar-refractivity contribution in [1.29, 1.82) is 0 Å². The molecule has 3 aliphatic rings. The van der Waals surface area contributed by atoms with Crippen LogP contribution >= 0.6 is 0 Å². The highest BCUT2D eigenvalue weighted by atomic mass is 16.5. The molecule has 12 nitrogen and oxygen atoms in total. The maximum absolute atomic E-state index is 13.2. The summed E-state index contributed by atoms with van der Waals surface area (Å²) in [5.41, 5.74) is 1.45. The molecule has 0 bridgehead atoms. The SMILES string of the molecule is COCC1(C)COCCN1C(=O)c1cn(-c2ccc3c(c2)CN(C2CCC(=O)NC2=O)C3=O)nn1. The third kappa shape index (κ3) is 4.08. The second-order valence-corrected chi connectivity index (χ2v) is 9.23. The normalized spacial score (nSPS) is 24.5. The Morgan fingerprint density at radius 3 is 2.91 bits per heavy atom. The van der Waals surface area contributed by atoms with E-state index in [2.05, 4.69) is 15.6 Å². The van der Waals surface area contributed by atoms with Crippen molar-refractivity contribution in [2.24, 2.45) is 0 Å². The monoisotopic (exact) mass is 482 g/mol. The van der Waals surface area contributed by atoms with Crippen LogP contribution < -0.4 is 5.32 Å². The number of hydrogen-bond donors (Lipinski definition) is 1. The molecule has 1 aromatic heterocycles. The molecule has 1 aromatic carbocycles. The number of benzene rings is 1. The van der Waals surface area contributed by atoms with Crippen LogP contribution in [0.5, 0.6) is 0 Å². The number of fused-ring (bicyclic) bond motifs is 1. The highest BCUT2D eigenvalue weighted by Gasteiger charge is 2.41. The average molecular weight is 482 g/mol. The largest absolute Gasteiger partial charge is 0.382 e. The van der Waals surface area contributed by atoms with Crippen molar-refractivity contribution < 1.29 is 28.7 Å². The van der Waals surface area contributed by atoms with Gasteiger partial charge in [-0.3, -0.25) is 24.5 Å². The van der Waals surface area contributed by atoms with E-state index in [1.54, 1.807) is 36.4 Å². The fourth-order valence-corrected chi connectivity index (χ4v) is 4.90. The fourth-order valence-electron chi connectivity index (χ4n) is 4.90. The van der Waals surface area contributed by atoms with Crippen LogP contribution in [0.2, 0.25) is 0 Å². The van der Waals surface area contributed by atoms with Crippen molar-refractivity contribution in [2.45, 2.75) is 37.9 Å². The second-order valence-electron chi connectivity index (χ2n) is 9.23. The standard InChI is InChI=1S/C23H26N6O6/c1-23(12-34-2)13-35-8-7-28(23)22(33)17-11-29(26-25-17)15-3-4-16-14(9-15)10-27(21(16)32)18-5-6-19(30)24-20(18)31/h3-4,9,11,18H,5-8,10,12-13H2,1-2H3,(H,24,30,31). The van der Waals surface area contributed by atoms with Gasteiger partial charge in [0.05, 0.1) is 37.2 Å². The van der Waals surface area contributed by atoms with Crippen molar-refractivity contribution in [2.75, 3.05) is 33.5 Å². The van der Waals surface area contributed by atoms with Crippen LogP contribution in [0.1, 0.15) is 46.2 Å². The Balaban J connectivity index is 1.35. The molecule has 0 aliphatic carbocycles. The number of carbonyl (C=O) groups excluding carboxylic acids is 4. The Morgan fingerprint density at radius 1 is 1.31 bits per heavy atom. The zero-order valence-corrected chi connectivity index (χ0v) is 19.5. The molecule has 1 N–H and O–H groups in total. The molecular formula is C23H26N6O6. The Kier molecular flexibility index (Phi) is 5.85. The van der Waals surface area contributed by atoms with E-state index in [9.17, 15) is 19.2 Å². The molecule has 12 heteroatoms. The smallest absolute Gasteiger partial charge is 0.276 e. The number of nitrogens with one attached hydrogen (secondary N) is 1. The molecule has 2 aromatic rings. The lowest BCUT2D eigenvalue weighted by Gasteiger charge is -2.43. The number of ether oxygens (including phenoxy) is 2. The summed E-state index contributed by atoms with van der Waals surface area (Å²) in [4.78, 5) is 53.0. The molecule has 0 saturated carbocycles. The van der Waals surface area contributed by atoms with E-state index in [-0.39, 0.29) is 36.4 Å². The van der Waals surface area contributed by atoms with Gasteiger partial charge in [0, 0.05) is 32.2 Å². The average Bonchev–Trinajstić information content (AvgIpc) is 3.44. The van der Waals surface area contributed by atoms with Crippen LogP contribution in [0.4, 0.5) is 0 Å². The van der Waals surface area contributed by atoms with Crippen LogP contribution in [-0.2, 0) is 25.6 Å². The number of nitrogens with zero attached hydrogens (tertiary/aromatic N) is 5. The van der Waals surface area contributed by atoms with E-state index in [4.69, 9.17) is 9.47 Å². The lowest BCUT2D eigenvalue weighted by molar-refractivity contribution is -0.136. The summed E-state index contributed by atoms with van der Waals surface area (Å²) < 4.78 is 12.3. The van der Waals surface area contributed by atoms with Gasteiger partial charge in [-0.05, 0) is 37.1 Å². The number of amides is 4. The van der Waals surface area contributed by atoms with E-state index < -0.39 is 17.5 Å². The lowest BCUT2D eigenvalue weighted by Crippen LogP contribution is -2.59. The van der Waals surface area contributed by atoms with Gasteiger partial charge in [-0.25, -0.2) is 4.68 Å². The van der Waals surface area contributed by atoms with Crippen molar-refractivity contribution in [1.82, 2.24) is 30.1 Å². The molecule has 4 amide bonds. The summed E-state index contributed by atoms with van der Waals surface area (Å²) in [7, 11) is 1.58. The van der Waals surface area contributed by atoms with Crippen LogP contribution in [0.15, 0.2) is 24.4 Å². The maximum atomic E-state index is 13.2. The molecule has 5 rings (SSSR count). The Hall–Kier alpha value is -3.64. The van der Waals surface area contributed by atoms with Gasteiger partial charge in [0.2, 0.25) is 11.8 Å². The van der Waals surface area contributed by atoms with Gasteiger partial charge in [-0.1, -0.05) is 5.21 Å². The van der Waals surface area contributed by atoms with E-state index in [1.165, 1.54) is 9.58 Å². The van der Waals surface area contributed by atoms with E-state index >= 15 is 0 Å². The molecule has 184 valence electrons. The Bertz CT molecular complexity index is 1210. The third-order valence-corrected chi connectivity index (χ3v) is 6.71. The van der Waals surface area contributed by atoms with Crippen LogP contribution in [0.3, 0.4) is 0 Å². The minimum absolute atomic E-state index is 0.191. The minimum Gasteiger partial charge on any atom is -0.382 e. The van der Waals surface area contributed by atoms with E-state index in [1.807, 2.05) is 6.92 Å². The van der Waals surface area contributed by atoms with Crippen LogP contribution in [0, 0.1) is 0 Å². The van der Waals surface area contributed by atoms with Gasteiger partial charge >= 0.3 is 0 Å². The summed E-state index contributed by atoms with van der Waals surface area (Å²) in [6, 6.07) is 4.52. The highest BCUT2D eigenvalue weighted by molar-refractivity contribution is 6.05. The van der Waals surface area contributed by atoms with Gasteiger partial charge in [0.25, 0.3) is 11.8 Å². The fraction of sp³-hybridized carbons (Fsp3) is 0.478. The van der Waals surface area contributed by atoms with Gasteiger partial charge in [0.15, 0.2) is 5.69 Å². The summed E-state index contributed by atoms with van der Waals surface area (Å²) in [6.45, 7) is 3.70. The van der Waals surface area contributed by atoms with Gasteiger partial charge < -0.3 is 19.3 Å². The first kappa shape index (κ1) is 23.1. The molecule has 4 heterocycles. The summed E-state index contributed by atoms with van der Waals surface area (Å²) >= 11 is 0. The molecule has 2 unspecified atom stereocenters. The molecule has 35 heavy (non-hydrogen) atoms. The number of methoxy groups -OCH3 is 1. The molecule has 0 radical (unpaired) electrons. The van der Waals surface area contributed by atoms with E-state index in [0.29, 0.717) is 44.0 Å². The Labute approximate surface area is 201 Å². The van der Waals surface area contributed by atoms with Crippen molar-refractivity contribution in [3.8, 4) is 5.69 Å². The Morgan fingerprint density at radius 2 is 2.14 bits per heavy atom. The predicted octanol–water partition coefficient (Wildman–Crippen LogP) is -0.0942. The summed E-state index contributed by atoms with van der Waals surface area (Å²) in [5, 5.41) is 10.5. The molecule has 2 saturated heterocycles. The summed E-state index contributed by atoms with van der Waals surface area (Å²) in [5.74, 6) is -1.29. The van der Waals surface area contributed by atoms with Gasteiger partial charge in [0.1, 0.15) is 6.04 Å². The number of rotatable bonds is 5. The summed E-state index contributed by atoms with van der Waals surface area (Å²) in [6.07, 6.45) is 2.06. The number of piperidine rings is 1. The molecule has 0 spiro atoms. The number of hydrogen-bond acceptors (Lipinski definition) is 8. The van der Waals surface area contributed by atoms with Gasteiger partial charge in [-0.2, -0.15) is 0 Å². The first-order chi connectivity index (χ1) is 16.8. The molecule has 2 atom stereocenters. The second kappa shape index (κ2) is 8.86.